The smallest absolute Gasteiger partial charge is 0.255 e. The summed E-state index contributed by atoms with van der Waals surface area (Å²) in [6.07, 6.45) is 2.00. The second kappa shape index (κ2) is 8.15. The van der Waals surface area contributed by atoms with Gasteiger partial charge in [-0.15, -0.1) is 0 Å². The second-order valence-electron chi connectivity index (χ2n) is 4.14. The number of nitrogens with zero attached hydrogens (tertiary/aromatic N) is 1. The van der Waals surface area contributed by atoms with Gasteiger partial charge in [0, 0.05) is 21.5 Å². The number of benzene rings is 1. The molecule has 0 atom stereocenters. The first-order chi connectivity index (χ1) is 8.65. The van der Waals surface area contributed by atoms with Crippen molar-refractivity contribution >= 4 is 44.4 Å². The molecule has 0 N–H and O–H groups in total. The summed E-state index contributed by atoms with van der Waals surface area (Å²) in [6, 6.07) is 8.10. The van der Waals surface area contributed by atoms with Crippen LogP contribution in [0.5, 0.6) is 0 Å². The lowest BCUT2D eigenvalue weighted by Crippen LogP contribution is -2.41. The van der Waals surface area contributed by atoms with Gasteiger partial charge >= 0.3 is 0 Å². The first-order valence-corrected chi connectivity index (χ1v) is 8.47. The van der Waals surface area contributed by atoms with Gasteiger partial charge in [-0.1, -0.05) is 41.9 Å². The number of hydrogen-bond acceptors (Lipinski definition) is 1. The Morgan fingerprint density at radius 2 is 1.94 bits per heavy atom. The molecular weight excluding hydrogens is 405 g/mol. The van der Waals surface area contributed by atoms with Crippen molar-refractivity contribution in [1.29, 1.82) is 0 Å². The number of halogens is 2. The minimum atomic E-state index is 0.146. The van der Waals surface area contributed by atoms with Crippen molar-refractivity contribution in [3.05, 3.63) is 33.4 Å². The molecule has 2 nitrogen and oxygen atoms in total. The van der Waals surface area contributed by atoms with E-state index in [1.165, 1.54) is 0 Å². The Hall–Kier alpha value is -0.100. The molecule has 0 aliphatic heterocycles. The highest BCUT2D eigenvalue weighted by Gasteiger charge is 2.22. The van der Waals surface area contributed by atoms with Gasteiger partial charge in [0.25, 0.3) is 5.91 Å². The highest BCUT2D eigenvalue weighted by molar-refractivity contribution is 14.1. The average molecular weight is 424 g/mol. The third-order valence-electron chi connectivity index (χ3n) is 3.07. The molecule has 1 rings (SSSR count). The monoisotopic (exact) mass is 423 g/mol. The van der Waals surface area contributed by atoms with Crippen LogP contribution in [0, 0.1) is 3.57 Å². The first kappa shape index (κ1) is 16.0. The number of carbonyl (C=O) groups is 1. The standard InChI is InChI=1S/C14H19BrINO/c1-3-11(4-2)17(10-9-15)14(18)12-7-5-6-8-13(12)16/h5-8,11H,3-4,9-10H2,1-2H3. The molecule has 4 heteroatoms. The topological polar surface area (TPSA) is 20.3 Å². The molecule has 1 aromatic carbocycles. The minimum Gasteiger partial charge on any atom is -0.335 e. The van der Waals surface area contributed by atoms with Gasteiger partial charge in [-0.3, -0.25) is 4.79 Å². The molecule has 1 aromatic rings. The van der Waals surface area contributed by atoms with E-state index in [0.717, 1.165) is 33.9 Å². The van der Waals surface area contributed by atoms with Crippen LogP contribution in [0.25, 0.3) is 0 Å². The lowest BCUT2D eigenvalue weighted by Gasteiger charge is -2.30. The molecule has 0 saturated carbocycles. The molecular formula is C14H19BrINO. The maximum absolute atomic E-state index is 12.6. The van der Waals surface area contributed by atoms with Crippen LogP contribution in [-0.4, -0.2) is 28.7 Å². The van der Waals surface area contributed by atoms with Gasteiger partial charge in [-0.25, -0.2) is 0 Å². The van der Waals surface area contributed by atoms with Gasteiger partial charge in [0.05, 0.1) is 5.56 Å². The van der Waals surface area contributed by atoms with Crippen molar-refractivity contribution in [2.45, 2.75) is 32.7 Å². The Kier molecular flexibility index (Phi) is 7.22. The summed E-state index contributed by atoms with van der Waals surface area (Å²) < 4.78 is 1.02. The molecule has 0 bridgehead atoms. The Morgan fingerprint density at radius 3 is 2.44 bits per heavy atom. The molecule has 18 heavy (non-hydrogen) atoms. The molecule has 0 aliphatic rings. The van der Waals surface area contributed by atoms with E-state index in [0.29, 0.717) is 6.04 Å². The third kappa shape index (κ3) is 3.95. The molecule has 0 spiro atoms. The van der Waals surface area contributed by atoms with Crippen LogP contribution in [0.15, 0.2) is 24.3 Å². The highest BCUT2D eigenvalue weighted by Crippen LogP contribution is 2.18. The normalized spacial score (nSPS) is 10.7. The molecule has 100 valence electrons. The quantitative estimate of drug-likeness (QED) is 0.493. The van der Waals surface area contributed by atoms with E-state index < -0.39 is 0 Å². The fourth-order valence-corrected chi connectivity index (χ4v) is 3.06. The van der Waals surface area contributed by atoms with Crippen LogP contribution in [0.4, 0.5) is 0 Å². The molecule has 0 heterocycles. The summed E-state index contributed by atoms with van der Waals surface area (Å²) in [4.78, 5) is 14.6. The lowest BCUT2D eigenvalue weighted by molar-refractivity contribution is 0.0682. The maximum Gasteiger partial charge on any atom is 0.255 e. The molecule has 1 amide bonds. The Balaban J connectivity index is 2.99. The number of amides is 1. The summed E-state index contributed by atoms with van der Waals surface area (Å²) in [6.45, 7) is 5.04. The lowest BCUT2D eigenvalue weighted by atomic mass is 10.1. The summed E-state index contributed by atoms with van der Waals surface area (Å²) in [5.41, 5.74) is 0.811. The predicted octanol–water partition coefficient (Wildman–Crippen LogP) is 4.32. The van der Waals surface area contributed by atoms with Gasteiger partial charge in [-0.2, -0.15) is 0 Å². The Morgan fingerprint density at radius 1 is 1.33 bits per heavy atom. The van der Waals surface area contributed by atoms with Crippen LogP contribution < -0.4 is 0 Å². The molecule has 0 saturated heterocycles. The van der Waals surface area contributed by atoms with Gasteiger partial charge in [0.2, 0.25) is 0 Å². The predicted molar refractivity (Wildman–Crippen MR) is 88.4 cm³/mol. The summed E-state index contributed by atoms with van der Waals surface area (Å²) in [5, 5.41) is 0.818. The van der Waals surface area contributed by atoms with Gasteiger partial charge in [0.1, 0.15) is 0 Å². The molecule has 0 radical (unpaired) electrons. The average Bonchev–Trinajstić information content (AvgIpc) is 2.39. The molecule has 0 fully saturated rings. The van der Waals surface area contributed by atoms with Crippen molar-refractivity contribution in [1.82, 2.24) is 4.90 Å². The van der Waals surface area contributed by atoms with Crippen LogP contribution in [0.2, 0.25) is 0 Å². The third-order valence-corrected chi connectivity index (χ3v) is 4.37. The zero-order valence-electron chi connectivity index (χ0n) is 10.8. The zero-order chi connectivity index (χ0) is 13.5. The van der Waals surface area contributed by atoms with Gasteiger partial charge in [-0.05, 0) is 47.6 Å². The second-order valence-corrected chi connectivity index (χ2v) is 6.09. The highest BCUT2D eigenvalue weighted by atomic mass is 127. The fraction of sp³-hybridized carbons (Fsp3) is 0.500. The van der Waals surface area contributed by atoms with E-state index in [9.17, 15) is 4.79 Å². The number of carbonyl (C=O) groups excluding carboxylic acids is 1. The van der Waals surface area contributed by atoms with Crippen molar-refractivity contribution in [3.8, 4) is 0 Å². The van der Waals surface area contributed by atoms with E-state index >= 15 is 0 Å². The van der Waals surface area contributed by atoms with Crippen molar-refractivity contribution in [3.63, 3.8) is 0 Å². The molecule has 0 unspecified atom stereocenters. The van der Waals surface area contributed by atoms with Crippen molar-refractivity contribution in [2.24, 2.45) is 0 Å². The van der Waals surface area contributed by atoms with E-state index in [-0.39, 0.29) is 5.91 Å². The fourth-order valence-electron chi connectivity index (χ4n) is 2.06. The Labute approximate surface area is 131 Å². The van der Waals surface area contributed by atoms with Gasteiger partial charge < -0.3 is 4.90 Å². The maximum atomic E-state index is 12.6. The Bertz CT molecular complexity index is 393. The van der Waals surface area contributed by atoms with Crippen LogP contribution >= 0.6 is 38.5 Å². The zero-order valence-corrected chi connectivity index (χ0v) is 14.6. The molecule has 0 aromatic heterocycles. The summed E-state index contributed by atoms with van der Waals surface area (Å²) in [7, 11) is 0. The van der Waals surface area contributed by atoms with Crippen LogP contribution in [-0.2, 0) is 0 Å². The number of rotatable bonds is 6. The first-order valence-electron chi connectivity index (χ1n) is 6.27. The van der Waals surface area contributed by atoms with E-state index in [2.05, 4.69) is 52.4 Å². The summed E-state index contributed by atoms with van der Waals surface area (Å²) >= 11 is 5.67. The van der Waals surface area contributed by atoms with E-state index in [1.807, 2.05) is 29.2 Å². The SMILES string of the molecule is CCC(CC)N(CCBr)C(=O)c1ccccc1I. The van der Waals surface area contributed by atoms with E-state index in [1.54, 1.807) is 0 Å². The van der Waals surface area contributed by atoms with Crippen LogP contribution in [0.3, 0.4) is 0 Å². The number of hydrogen-bond donors (Lipinski definition) is 0. The molecule has 0 aliphatic carbocycles. The van der Waals surface area contributed by atoms with Crippen molar-refractivity contribution in [2.75, 3.05) is 11.9 Å². The van der Waals surface area contributed by atoms with Crippen molar-refractivity contribution < 1.29 is 4.79 Å². The van der Waals surface area contributed by atoms with Crippen LogP contribution in [0.1, 0.15) is 37.0 Å². The van der Waals surface area contributed by atoms with Gasteiger partial charge in [0.15, 0.2) is 0 Å². The minimum absolute atomic E-state index is 0.146. The number of alkyl halides is 1. The van der Waals surface area contributed by atoms with E-state index in [4.69, 9.17) is 0 Å². The largest absolute Gasteiger partial charge is 0.335 e. The summed E-state index contributed by atoms with van der Waals surface area (Å²) in [5.74, 6) is 0.146.